The Kier molecular flexibility index (Phi) is 13.2. The zero-order valence-electron chi connectivity index (χ0n) is 13.4. The maximum Gasteiger partial charge on any atom is 0.521 e. The first-order valence-corrected chi connectivity index (χ1v) is 8.94. The van der Waals surface area contributed by atoms with Crippen LogP contribution in [0, 0.1) is 0 Å². The molecule has 0 bridgehead atoms. The van der Waals surface area contributed by atoms with Crippen LogP contribution in [0.5, 0.6) is 0 Å². The van der Waals surface area contributed by atoms with E-state index in [4.69, 9.17) is 26.3 Å². The zero-order valence-corrected chi connectivity index (χ0v) is 15.0. The third-order valence-electron chi connectivity index (χ3n) is 3.19. The monoisotopic (exact) mass is 391 g/mol. The highest BCUT2D eigenvalue weighted by molar-refractivity contribution is 7.30. The second kappa shape index (κ2) is 13.9. The van der Waals surface area contributed by atoms with Gasteiger partial charge in [0.1, 0.15) is 0 Å². The first-order chi connectivity index (χ1) is 11.6. The number of unbranched alkanes of at least 4 members (excludes halogenated alkanes) is 2. The average molecular weight is 392 g/mol. The van der Waals surface area contributed by atoms with Crippen LogP contribution in [0.15, 0.2) is 30.5 Å². The Hall–Kier alpha value is -1.34. The van der Waals surface area contributed by atoms with Crippen LogP contribution in [-0.2, 0) is 9.24 Å². The van der Waals surface area contributed by atoms with Gasteiger partial charge in [-0.3, -0.25) is 4.98 Å². The molecule has 0 aliphatic heterocycles. The van der Waals surface area contributed by atoms with Crippen LogP contribution >= 0.6 is 19.9 Å². The first-order valence-electron chi connectivity index (χ1n) is 7.47. The van der Waals surface area contributed by atoms with Crippen molar-refractivity contribution in [2.75, 3.05) is 25.5 Å². The highest BCUT2D eigenvalue weighted by Crippen LogP contribution is 2.24. The lowest BCUT2D eigenvalue weighted by atomic mass is 10.2. The Morgan fingerprint density at radius 2 is 2.00 bits per heavy atom. The molecule has 25 heavy (non-hydrogen) atoms. The molecule has 9 heteroatoms. The van der Waals surface area contributed by atoms with Crippen LogP contribution in [0.2, 0.25) is 5.02 Å². The summed E-state index contributed by atoms with van der Waals surface area (Å²) in [7, 11) is -1.05. The van der Waals surface area contributed by atoms with Crippen molar-refractivity contribution in [3.63, 3.8) is 0 Å². The van der Waals surface area contributed by atoms with Crippen molar-refractivity contribution in [1.29, 1.82) is 0 Å². The second-order valence-electron chi connectivity index (χ2n) is 4.92. The van der Waals surface area contributed by atoms with E-state index in [1.165, 1.54) is 19.3 Å². The van der Waals surface area contributed by atoms with E-state index in [2.05, 4.69) is 20.3 Å². The van der Waals surface area contributed by atoms with Gasteiger partial charge >= 0.3 is 8.25 Å². The SMILES string of the molecule is C.CNCCCCCNc1ccnc2cc(Cl)ccc12.O=[P+]([O-])OO.[HH]. The van der Waals surface area contributed by atoms with Crippen molar-refractivity contribution in [1.82, 2.24) is 10.3 Å². The number of hydrogen-bond acceptors (Lipinski definition) is 7. The van der Waals surface area contributed by atoms with Gasteiger partial charge < -0.3 is 15.5 Å². The van der Waals surface area contributed by atoms with Gasteiger partial charge in [0, 0.05) is 34.9 Å². The Bertz CT molecular complexity index is 652. The van der Waals surface area contributed by atoms with E-state index in [1.807, 2.05) is 37.5 Å². The highest BCUT2D eigenvalue weighted by atomic mass is 35.5. The molecule has 0 spiro atoms. The number of hydrogen-bond donors (Lipinski definition) is 3. The lowest BCUT2D eigenvalue weighted by Crippen LogP contribution is -2.08. The fourth-order valence-corrected chi connectivity index (χ4v) is 2.27. The predicted octanol–water partition coefficient (Wildman–Crippen LogP) is 4.07. The molecule has 0 saturated carbocycles. The molecule has 1 heterocycles. The minimum atomic E-state index is -3.04. The summed E-state index contributed by atoms with van der Waals surface area (Å²) in [5.74, 6) is 0. The molecule has 0 aliphatic carbocycles. The molecule has 0 aliphatic rings. The Labute approximate surface area is 155 Å². The number of fused-ring (bicyclic) bond motifs is 1. The normalized spacial score (nSPS) is 10.5. The summed E-state index contributed by atoms with van der Waals surface area (Å²) in [4.78, 5) is 13.3. The molecule has 3 N–H and O–H groups in total. The molecule has 0 amide bonds. The van der Waals surface area contributed by atoms with E-state index >= 15 is 0 Å². The van der Waals surface area contributed by atoms with Crippen molar-refractivity contribution < 1.29 is 20.8 Å². The smallest absolute Gasteiger partial charge is 0.521 e. The van der Waals surface area contributed by atoms with E-state index in [-0.39, 0.29) is 8.85 Å². The summed E-state index contributed by atoms with van der Waals surface area (Å²) in [6.07, 6.45) is 5.47. The molecule has 2 rings (SSSR count). The van der Waals surface area contributed by atoms with Crippen LogP contribution in [0.1, 0.15) is 28.1 Å². The number of nitrogens with zero attached hydrogens (tertiary/aromatic N) is 1. The van der Waals surface area contributed by atoms with Gasteiger partial charge in [0.2, 0.25) is 0 Å². The maximum absolute atomic E-state index is 8.93. The molecule has 0 radical (unpaired) electrons. The number of anilines is 1. The van der Waals surface area contributed by atoms with E-state index in [1.54, 1.807) is 0 Å². The summed E-state index contributed by atoms with van der Waals surface area (Å²) in [6, 6.07) is 7.84. The van der Waals surface area contributed by atoms with Crippen molar-refractivity contribution in [3.8, 4) is 0 Å². The molecule has 7 nitrogen and oxygen atoms in total. The van der Waals surface area contributed by atoms with Gasteiger partial charge in [-0.05, 0) is 55.3 Å². The Morgan fingerprint density at radius 1 is 1.32 bits per heavy atom. The van der Waals surface area contributed by atoms with Crippen molar-refractivity contribution in [3.05, 3.63) is 35.5 Å². The van der Waals surface area contributed by atoms with Crippen LogP contribution in [0.3, 0.4) is 0 Å². The number of pyridine rings is 1. The Balaban J connectivity index is 0. The summed E-state index contributed by atoms with van der Waals surface area (Å²) >= 11 is 5.98. The lowest BCUT2D eigenvalue weighted by Gasteiger charge is -2.09. The van der Waals surface area contributed by atoms with Crippen LogP contribution in [0.4, 0.5) is 5.69 Å². The van der Waals surface area contributed by atoms with Gasteiger partial charge in [-0.1, -0.05) is 25.4 Å². The van der Waals surface area contributed by atoms with Gasteiger partial charge in [-0.25, -0.2) is 5.26 Å². The molecule has 1 atom stereocenters. The highest BCUT2D eigenvalue weighted by Gasteiger charge is 2.01. The molecule has 1 unspecified atom stereocenters. The number of benzene rings is 1. The molecule has 1 aromatic heterocycles. The fourth-order valence-electron chi connectivity index (χ4n) is 2.10. The number of nitrogens with one attached hydrogen (secondary N) is 2. The molecule has 142 valence electrons. The maximum atomic E-state index is 8.93. The standard InChI is InChI=1S/C15H20ClN3.CH4.HO4P.H2/c1-17-8-3-2-4-9-18-14-7-10-19-15-11-12(16)5-6-13(14)15;;1-4-5(2)3;/h5-7,10-11,17H,2-4,8-9H2,1H3,(H,18,19);1H4;1H;1H. The van der Waals surface area contributed by atoms with Crippen molar-refractivity contribution in [2.45, 2.75) is 26.7 Å². The van der Waals surface area contributed by atoms with Gasteiger partial charge in [0.15, 0.2) is 0 Å². The minimum absolute atomic E-state index is 0. The summed E-state index contributed by atoms with van der Waals surface area (Å²) in [6.45, 7) is 2.09. The Morgan fingerprint density at radius 3 is 2.64 bits per heavy atom. The lowest BCUT2D eigenvalue weighted by molar-refractivity contribution is -0.244. The number of rotatable bonds is 8. The van der Waals surface area contributed by atoms with E-state index in [9.17, 15) is 0 Å². The largest absolute Gasteiger partial charge is 0.565 e. The van der Waals surface area contributed by atoms with Crippen molar-refractivity contribution in [2.24, 2.45) is 0 Å². The van der Waals surface area contributed by atoms with Gasteiger partial charge in [0.25, 0.3) is 0 Å². The van der Waals surface area contributed by atoms with Gasteiger partial charge in [0.05, 0.1) is 5.52 Å². The molecule has 2 aromatic rings. The van der Waals surface area contributed by atoms with Gasteiger partial charge in [-0.15, -0.1) is 0 Å². The predicted molar refractivity (Wildman–Crippen MR) is 103 cm³/mol. The van der Waals surface area contributed by atoms with Crippen LogP contribution < -0.4 is 15.5 Å². The average Bonchev–Trinajstić information content (AvgIpc) is 2.58. The van der Waals surface area contributed by atoms with Crippen LogP contribution in [0.25, 0.3) is 10.9 Å². The van der Waals surface area contributed by atoms with Crippen molar-refractivity contribution >= 4 is 36.4 Å². The van der Waals surface area contributed by atoms with Gasteiger partial charge in [-0.2, -0.15) is 0 Å². The first kappa shape index (κ1) is 23.7. The molecule has 0 fully saturated rings. The number of halogens is 1. The third kappa shape index (κ3) is 9.65. The third-order valence-corrected chi connectivity index (χ3v) is 3.56. The molecular formula is C16H27ClN3O4P. The minimum Gasteiger partial charge on any atom is -0.565 e. The van der Waals surface area contributed by atoms with Crippen LogP contribution in [-0.4, -0.2) is 30.4 Å². The molecule has 0 saturated heterocycles. The topological polar surface area (TPSA) is 107 Å². The van der Waals surface area contributed by atoms with E-state index < -0.39 is 8.25 Å². The number of aromatic nitrogens is 1. The second-order valence-corrected chi connectivity index (χ2v) is 5.96. The summed E-state index contributed by atoms with van der Waals surface area (Å²) in [5.41, 5.74) is 2.07. The quantitative estimate of drug-likeness (QED) is 0.269. The van der Waals surface area contributed by atoms with E-state index in [0.29, 0.717) is 0 Å². The molecular weight excluding hydrogens is 365 g/mol. The molecule has 1 aromatic carbocycles. The summed E-state index contributed by atoms with van der Waals surface area (Å²) in [5, 5.41) is 15.5. The summed E-state index contributed by atoms with van der Waals surface area (Å²) < 4.78 is 11.6. The fraction of sp³-hybridized carbons (Fsp3) is 0.438. The van der Waals surface area contributed by atoms with E-state index in [0.717, 1.165) is 34.7 Å². The zero-order chi connectivity index (χ0) is 17.8.